The fourth-order valence-electron chi connectivity index (χ4n) is 1.02. The molecule has 0 fully saturated rings. The van der Waals surface area contributed by atoms with Crippen LogP contribution in [0, 0.1) is 0 Å². The number of rotatable bonds is 2. The van der Waals surface area contributed by atoms with E-state index in [2.05, 4.69) is 26.1 Å². The van der Waals surface area contributed by atoms with Gasteiger partial charge in [0.05, 0.1) is 5.54 Å². The number of furan rings is 1. The van der Waals surface area contributed by atoms with E-state index in [4.69, 9.17) is 14.7 Å². The van der Waals surface area contributed by atoms with Crippen LogP contribution >= 0.6 is 28.3 Å². The lowest BCUT2D eigenvalue weighted by atomic mass is 10.1. The Labute approximate surface area is 107 Å². The Morgan fingerprint density at radius 1 is 1.38 bits per heavy atom. The van der Waals surface area contributed by atoms with E-state index in [0.717, 1.165) is 0 Å². The van der Waals surface area contributed by atoms with Crippen LogP contribution in [0.3, 0.4) is 0 Å². The van der Waals surface area contributed by atoms with Crippen LogP contribution in [-0.2, 0) is 5.54 Å². The SMILES string of the molecule is CC(C)(N)c1nc(-c2ccc(Br)o2)no1.Cl. The fourth-order valence-corrected chi connectivity index (χ4v) is 1.33. The highest BCUT2D eigenvalue weighted by Gasteiger charge is 2.23. The molecular weight excluding hydrogens is 297 g/mol. The smallest absolute Gasteiger partial charge is 0.246 e. The Morgan fingerprint density at radius 3 is 2.50 bits per heavy atom. The molecule has 0 amide bonds. The molecule has 0 spiro atoms. The molecule has 7 heteroatoms. The van der Waals surface area contributed by atoms with Crippen molar-refractivity contribution in [1.29, 1.82) is 0 Å². The van der Waals surface area contributed by atoms with Crippen LogP contribution in [0.5, 0.6) is 0 Å². The standard InChI is InChI=1S/C9H10BrN3O2.ClH/c1-9(2,11)8-12-7(13-15-8)5-3-4-6(10)14-5;/h3-4H,11H2,1-2H3;1H. The number of hydrogen-bond donors (Lipinski definition) is 1. The molecule has 0 radical (unpaired) electrons. The predicted molar refractivity (Wildman–Crippen MR) is 64.2 cm³/mol. The normalized spacial score (nSPS) is 11.2. The third kappa shape index (κ3) is 2.63. The molecule has 0 aliphatic rings. The maximum absolute atomic E-state index is 5.82. The minimum absolute atomic E-state index is 0. The Morgan fingerprint density at radius 2 is 2.06 bits per heavy atom. The summed E-state index contributed by atoms with van der Waals surface area (Å²) in [5, 5.41) is 3.79. The van der Waals surface area contributed by atoms with Gasteiger partial charge in [-0.2, -0.15) is 4.98 Å². The molecule has 0 atom stereocenters. The molecule has 0 saturated heterocycles. The van der Waals surface area contributed by atoms with Gasteiger partial charge in [0.2, 0.25) is 11.7 Å². The van der Waals surface area contributed by atoms with Crippen molar-refractivity contribution in [3.05, 3.63) is 22.7 Å². The third-order valence-electron chi connectivity index (χ3n) is 1.77. The third-order valence-corrected chi connectivity index (χ3v) is 2.20. The van der Waals surface area contributed by atoms with Gasteiger partial charge < -0.3 is 14.7 Å². The lowest BCUT2D eigenvalue weighted by molar-refractivity contribution is 0.312. The van der Waals surface area contributed by atoms with Gasteiger partial charge >= 0.3 is 0 Å². The van der Waals surface area contributed by atoms with E-state index in [1.807, 2.05) is 0 Å². The highest BCUT2D eigenvalue weighted by molar-refractivity contribution is 9.10. The summed E-state index contributed by atoms with van der Waals surface area (Å²) in [7, 11) is 0. The molecule has 2 heterocycles. The average Bonchev–Trinajstić information content (AvgIpc) is 2.69. The first-order chi connectivity index (χ1) is 6.97. The van der Waals surface area contributed by atoms with Crippen LogP contribution in [0.4, 0.5) is 0 Å². The number of nitrogens with two attached hydrogens (primary N) is 1. The van der Waals surface area contributed by atoms with Gasteiger partial charge in [-0.3, -0.25) is 0 Å². The lowest BCUT2D eigenvalue weighted by Gasteiger charge is -2.10. The number of halogens is 2. The first-order valence-corrected chi connectivity index (χ1v) is 5.15. The molecule has 2 aromatic heterocycles. The van der Waals surface area contributed by atoms with Crippen molar-refractivity contribution < 1.29 is 8.94 Å². The van der Waals surface area contributed by atoms with E-state index >= 15 is 0 Å². The minimum Gasteiger partial charge on any atom is -0.446 e. The maximum Gasteiger partial charge on any atom is 0.246 e. The molecule has 2 aromatic rings. The molecule has 0 aliphatic heterocycles. The van der Waals surface area contributed by atoms with Crippen molar-refractivity contribution in [3.63, 3.8) is 0 Å². The molecule has 0 aliphatic carbocycles. The summed E-state index contributed by atoms with van der Waals surface area (Å²) in [6, 6.07) is 3.52. The zero-order valence-corrected chi connectivity index (χ0v) is 11.1. The second-order valence-corrected chi connectivity index (χ2v) is 4.53. The van der Waals surface area contributed by atoms with Crippen molar-refractivity contribution in [3.8, 4) is 11.6 Å². The summed E-state index contributed by atoms with van der Waals surface area (Å²) in [4.78, 5) is 4.15. The topological polar surface area (TPSA) is 78.1 Å². The zero-order valence-electron chi connectivity index (χ0n) is 8.73. The molecule has 88 valence electrons. The summed E-state index contributed by atoms with van der Waals surface area (Å²) in [5.41, 5.74) is 5.17. The molecule has 2 rings (SSSR count). The van der Waals surface area contributed by atoms with Crippen molar-refractivity contribution in [1.82, 2.24) is 10.1 Å². The minimum atomic E-state index is -0.644. The average molecular weight is 309 g/mol. The van der Waals surface area contributed by atoms with Crippen LogP contribution in [-0.4, -0.2) is 10.1 Å². The van der Waals surface area contributed by atoms with Gasteiger partial charge in [0.25, 0.3) is 0 Å². The molecule has 0 saturated carbocycles. The Balaban J connectivity index is 0.00000128. The first kappa shape index (κ1) is 13.2. The van der Waals surface area contributed by atoms with E-state index in [-0.39, 0.29) is 12.4 Å². The summed E-state index contributed by atoms with van der Waals surface area (Å²) in [6.45, 7) is 3.59. The molecule has 0 aromatic carbocycles. The molecule has 5 nitrogen and oxygen atoms in total. The van der Waals surface area contributed by atoms with Gasteiger partial charge in [-0.15, -0.1) is 12.4 Å². The van der Waals surface area contributed by atoms with Crippen LogP contribution in [0.2, 0.25) is 0 Å². The summed E-state index contributed by atoms with van der Waals surface area (Å²) in [5.74, 6) is 1.32. The zero-order chi connectivity index (χ0) is 11.1. The van der Waals surface area contributed by atoms with Crippen molar-refractivity contribution in [2.45, 2.75) is 19.4 Å². The van der Waals surface area contributed by atoms with Crippen LogP contribution in [0.1, 0.15) is 19.7 Å². The fraction of sp³-hybridized carbons (Fsp3) is 0.333. The van der Waals surface area contributed by atoms with Crippen molar-refractivity contribution >= 4 is 28.3 Å². The second kappa shape index (κ2) is 4.57. The van der Waals surface area contributed by atoms with E-state index < -0.39 is 5.54 Å². The highest BCUT2D eigenvalue weighted by atomic mass is 79.9. The quantitative estimate of drug-likeness (QED) is 0.923. The first-order valence-electron chi connectivity index (χ1n) is 4.35. The van der Waals surface area contributed by atoms with Gasteiger partial charge in [-0.1, -0.05) is 5.16 Å². The molecule has 2 N–H and O–H groups in total. The largest absolute Gasteiger partial charge is 0.446 e. The molecule has 0 unspecified atom stereocenters. The van der Waals surface area contributed by atoms with Gasteiger partial charge in [-0.25, -0.2) is 0 Å². The van der Waals surface area contributed by atoms with Gasteiger partial charge in [0, 0.05) is 0 Å². The van der Waals surface area contributed by atoms with E-state index in [0.29, 0.717) is 22.1 Å². The van der Waals surface area contributed by atoms with Gasteiger partial charge in [0.1, 0.15) is 0 Å². The Hall–Kier alpha value is -0.850. The maximum atomic E-state index is 5.82. The van der Waals surface area contributed by atoms with Gasteiger partial charge in [-0.05, 0) is 41.9 Å². The predicted octanol–water partition coefficient (Wildman–Crippen LogP) is 2.71. The van der Waals surface area contributed by atoms with Crippen LogP contribution in [0.25, 0.3) is 11.6 Å². The van der Waals surface area contributed by atoms with Crippen LogP contribution in [0.15, 0.2) is 25.7 Å². The summed E-state index contributed by atoms with van der Waals surface area (Å²) >= 11 is 3.20. The second-order valence-electron chi connectivity index (χ2n) is 3.75. The summed E-state index contributed by atoms with van der Waals surface area (Å²) < 4.78 is 10.9. The van der Waals surface area contributed by atoms with E-state index in [9.17, 15) is 0 Å². The van der Waals surface area contributed by atoms with Crippen molar-refractivity contribution in [2.24, 2.45) is 5.73 Å². The Kier molecular flexibility index (Phi) is 3.77. The molecule has 16 heavy (non-hydrogen) atoms. The van der Waals surface area contributed by atoms with E-state index in [1.54, 1.807) is 26.0 Å². The highest BCUT2D eigenvalue weighted by Crippen LogP contribution is 2.24. The van der Waals surface area contributed by atoms with Gasteiger partial charge in [0.15, 0.2) is 10.4 Å². The number of hydrogen-bond acceptors (Lipinski definition) is 5. The van der Waals surface area contributed by atoms with Crippen molar-refractivity contribution in [2.75, 3.05) is 0 Å². The number of nitrogens with zero attached hydrogens (tertiary/aromatic N) is 2. The number of aromatic nitrogens is 2. The Bertz CT molecular complexity index is 475. The molecule has 0 bridgehead atoms. The summed E-state index contributed by atoms with van der Waals surface area (Å²) in [6.07, 6.45) is 0. The molecular formula is C9H11BrClN3O2. The van der Waals surface area contributed by atoms with Crippen LogP contribution < -0.4 is 5.73 Å². The monoisotopic (exact) mass is 307 g/mol. The lowest BCUT2D eigenvalue weighted by Crippen LogP contribution is -2.28. The van der Waals surface area contributed by atoms with E-state index in [1.165, 1.54) is 0 Å².